The Bertz CT molecular complexity index is 619. The van der Waals surface area contributed by atoms with Crippen LogP contribution in [-0.2, 0) is 6.54 Å². The fourth-order valence-corrected chi connectivity index (χ4v) is 2.16. The van der Waals surface area contributed by atoms with Gasteiger partial charge in [0.1, 0.15) is 17.3 Å². The second-order valence-electron chi connectivity index (χ2n) is 4.65. The van der Waals surface area contributed by atoms with E-state index in [2.05, 4.69) is 12.2 Å². The van der Waals surface area contributed by atoms with E-state index >= 15 is 0 Å². The van der Waals surface area contributed by atoms with Crippen molar-refractivity contribution in [1.82, 2.24) is 5.32 Å². The van der Waals surface area contributed by atoms with Gasteiger partial charge in [0.05, 0.1) is 10.0 Å². The minimum absolute atomic E-state index is 0.333. The summed E-state index contributed by atoms with van der Waals surface area (Å²) in [5.74, 6) is 0.616. The highest BCUT2D eigenvalue weighted by Crippen LogP contribution is 2.30. The molecule has 0 fully saturated rings. The van der Waals surface area contributed by atoms with Gasteiger partial charge in [-0.15, -0.1) is 0 Å². The number of hydrogen-bond donors (Lipinski definition) is 1. The van der Waals surface area contributed by atoms with Crippen LogP contribution in [0.1, 0.15) is 18.9 Å². The van der Waals surface area contributed by atoms with Crippen molar-refractivity contribution in [2.24, 2.45) is 0 Å². The number of rotatable bonds is 6. The number of halogens is 3. The van der Waals surface area contributed by atoms with Gasteiger partial charge in [0.25, 0.3) is 0 Å². The van der Waals surface area contributed by atoms with Gasteiger partial charge in [0.15, 0.2) is 0 Å². The summed E-state index contributed by atoms with van der Waals surface area (Å²) in [5, 5.41) is 4.08. The molecule has 0 aliphatic heterocycles. The molecule has 0 unspecified atom stereocenters. The molecule has 0 atom stereocenters. The second kappa shape index (κ2) is 7.64. The summed E-state index contributed by atoms with van der Waals surface area (Å²) in [6.45, 7) is 3.57. The Morgan fingerprint density at radius 2 is 1.86 bits per heavy atom. The Morgan fingerprint density at radius 3 is 2.57 bits per heavy atom. The molecular weight excluding hydrogens is 312 g/mol. The average Bonchev–Trinajstić information content (AvgIpc) is 2.43. The van der Waals surface area contributed by atoms with Crippen molar-refractivity contribution in [2.75, 3.05) is 6.54 Å². The molecule has 0 aliphatic rings. The van der Waals surface area contributed by atoms with Crippen molar-refractivity contribution < 1.29 is 9.13 Å². The van der Waals surface area contributed by atoms with Crippen molar-refractivity contribution in [3.05, 3.63) is 57.8 Å². The maximum absolute atomic E-state index is 13.6. The Hall–Kier alpha value is -1.29. The lowest BCUT2D eigenvalue weighted by atomic mass is 10.2. The highest BCUT2D eigenvalue weighted by molar-refractivity contribution is 6.42. The predicted molar refractivity (Wildman–Crippen MR) is 84.9 cm³/mol. The van der Waals surface area contributed by atoms with Crippen LogP contribution in [0, 0.1) is 5.82 Å². The second-order valence-corrected chi connectivity index (χ2v) is 5.46. The molecule has 0 spiro atoms. The summed E-state index contributed by atoms with van der Waals surface area (Å²) in [5.41, 5.74) is 0.832. The van der Waals surface area contributed by atoms with Gasteiger partial charge in [-0.05, 0) is 42.8 Å². The van der Waals surface area contributed by atoms with Gasteiger partial charge in [0.2, 0.25) is 0 Å². The molecule has 21 heavy (non-hydrogen) atoms. The minimum Gasteiger partial charge on any atom is -0.457 e. The van der Waals surface area contributed by atoms with E-state index in [1.807, 2.05) is 0 Å². The molecule has 0 saturated heterocycles. The van der Waals surface area contributed by atoms with Crippen LogP contribution in [0.4, 0.5) is 4.39 Å². The van der Waals surface area contributed by atoms with Gasteiger partial charge in [-0.2, -0.15) is 0 Å². The van der Waals surface area contributed by atoms with Crippen LogP contribution in [0.2, 0.25) is 10.0 Å². The molecule has 112 valence electrons. The zero-order chi connectivity index (χ0) is 15.2. The summed E-state index contributed by atoms with van der Waals surface area (Å²) in [6.07, 6.45) is 1.03. The zero-order valence-electron chi connectivity index (χ0n) is 11.6. The number of benzene rings is 2. The molecule has 0 saturated carbocycles. The predicted octanol–water partition coefficient (Wildman–Crippen LogP) is 5.42. The van der Waals surface area contributed by atoms with E-state index in [4.69, 9.17) is 27.9 Å². The Kier molecular flexibility index (Phi) is 5.85. The molecule has 5 heteroatoms. The summed E-state index contributed by atoms with van der Waals surface area (Å²) >= 11 is 11.8. The van der Waals surface area contributed by atoms with Crippen molar-refractivity contribution in [3.8, 4) is 11.5 Å². The molecule has 0 aliphatic carbocycles. The summed E-state index contributed by atoms with van der Waals surface area (Å²) in [7, 11) is 0. The monoisotopic (exact) mass is 327 g/mol. The largest absolute Gasteiger partial charge is 0.457 e. The normalized spacial score (nSPS) is 10.7. The van der Waals surface area contributed by atoms with Crippen molar-refractivity contribution in [2.45, 2.75) is 19.9 Å². The first-order valence-electron chi connectivity index (χ1n) is 6.71. The van der Waals surface area contributed by atoms with E-state index in [1.165, 1.54) is 12.1 Å². The quantitative estimate of drug-likeness (QED) is 0.715. The third-order valence-corrected chi connectivity index (χ3v) is 3.55. The maximum atomic E-state index is 13.6. The average molecular weight is 328 g/mol. The molecule has 0 amide bonds. The lowest BCUT2D eigenvalue weighted by molar-refractivity contribution is 0.475. The summed E-state index contributed by atoms with van der Waals surface area (Å²) < 4.78 is 19.3. The van der Waals surface area contributed by atoms with E-state index in [0.717, 1.165) is 18.5 Å². The SMILES string of the molecule is CCCNCc1cc(F)cc(Oc2ccc(Cl)c(Cl)c2)c1. The summed E-state index contributed by atoms with van der Waals surface area (Å²) in [6, 6.07) is 9.56. The lowest BCUT2D eigenvalue weighted by Crippen LogP contribution is -2.13. The Balaban J connectivity index is 2.13. The van der Waals surface area contributed by atoms with E-state index in [1.54, 1.807) is 24.3 Å². The topological polar surface area (TPSA) is 21.3 Å². The van der Waals surface area contributed by atoms with E-state index < -0.39 is 0 Å². The lowest BCUT2D eigenvalue weighted by Gasteiger charge is -2.09. The zero-order valence-corrected chi connectivity index (χ0v) is 13.1. The first-order chi connectivity index (χ1) is 10.1. The van der Waals surface area contributed by atoms with Crippen LogP contribution in [0.15, 0.2) is 36.4 Å². The fourth-order valence-electron chi connectivity index (χ4n) is 1.87. The van der Waals surface area contributed by atoms with Gasteiger partial charge >= 0.3 is 0 Å². The van der Waals surface area contributed by atoms with E-state index in [-0.39, 0.29) is 5.82 Å². The first kappa shape index (κ1) is 16.1. The van der Waals surface area contributed by atoms with Crippen LogP contribution < -0.4 is 10.1 Å². The maximum Gasteiger partial charge on any atom is 0.130 e. The molecule has 2 nitrogen and oxygen atoms in total. The number of hydrogen-bond acceptors (Lipinski definition) is 2. The van der Waals surface area contributed by atoms with Crippen LogP contribution in [0.25, 0.3) is 0 Å². The van der Waals surface area contributed by atoms with Crippen LogP contribution in [-0.4, -0.2) is 6.54 Å². The van der Waals surface area contributed by atoms with Crippen LogP contribution >= 0.6 is 23.2 Å². The molecule has 2 rings (SSSR count). The van der Waals surface area contributed by atoms with Gasteiger partial charge in [-0.1, -0.05) is 30.1 Å². The van der Waals surface area contributed by atoms with Crippen LogP contribution in [0.3, 0.4) is 0 Å². The van der Waals surface area contributed by atoms with E-state index in [0.29, 0.717) is 28.1 Å². The molecule has 2 aromatic carbocycles. The third kappa shape index (κ3) is 4.88. The number of nitrogens with one attached hydrogen (secondary N) is 1. The molecule has 0 radical (unpaired) electrons. The van der Waals surface area contributed by atoms with E-state index in [9.17, 15) is 4.39 Å². The summed E-state index contributed by atoms with van der Waals surface area (Å²) in [4.78, 5) is 0. The molecular formula is C16H16Cl2FNO. The van der Waals surface area contributed by atoms with Crippen LogP contribution in [0.5, 0.6) is 11.5 Å². The third-order valence-electron chi connectivity index (χ3n) is 2.81. The Labute approximate surface area is 133 Å². The smallest absolute Gasteiger partial charge is 0.130 e. The molecule has 0 aromatic heterocycles. The highest BCUT2D eigenvalue weighted by atomic mass is 35.5. The molecule has 1 N–H and O–H groups in total. The Morgan fingerprint density at radius 1 is 1.05 bits per heavy atom. The van der Waals surface area contributed by atoms with Gasteiger partial charge in [-0.3, -0.25) is 0 Å². The van der Waals surface area contributed by atoms with Gasteiger partial charge < -0.3 is 10.1 Å². The van der Waals surface area contributed by atoms with Gasteiger partial charge in [-0.25, -0.2) is 4.39 Å². The minimum atomic E-state index is -0.333. The fraction of sp³-hybridized carbons (Fsp3) is 0.250. The van der Waals surface area contributed by atoms with Crippen molar-refractivity contribution in [1.29, 1.82) is 0 Å². The van der Waals surface area contributed by atoms with Crippen molar-refractivity contribution >= 4 is 23.2 Å². The van der Waals surface area contributed by atoms with Crippen molar-refractivity contribution in [3.63, 3.8) is 0 Å². The molecule has 0 bridgehead atoms. The standard InChI is InChI=1S/C16H16Cl2FNO/c1-2-5-20-10-11-6-12(19)8-14(7-11)21-13-3-4-15(17)16(18)9-13/h3-4,6-9,20H,2,5,10H2,1H3. The number of ether oxygens (including phenoxy) is 1. The molecule has 2 aromatic rings. The first-order valence-corrected chi connectivity index (χ1v) is 7.47. The highest BCUT2D eigenvalue weighted by Gasteiger charge is 2.05. The molecule has 0 heterocycles. The van der Waals surface area contributed by atoms with Gasteiger partial charge in [0, 0.05) is 18.7 Å².